The first-order valence-electron chi connectivity index (χ1n) is 15.8. The van der Waals surface area contributed by atoms with Crippen LogP contribution in [-0.2, 0) is 30.3 Å². The van der Waals surface area contributed by atoms with Crippen molar-refractivity contribution in [2.75, 3.05) is 25.1 Å². The molecular weight excluding hydrogens is 582 g/mol. The summed E-state index contributed by atoms with van der Waals surface area (Å²) in [7, 11) is 0. The van der Waals surface area contributed by atoms with Crippen LogP contribution in [0.3, 0.4) is 0 Å². The largest absolute Gasteiger partial charge is 0.463 e. The number of carbonyl (C=O) groups is 4. The smallest absolute Gasteiger partial charge is 0.309 e. The molecule has 3 N–H and O–H groups in total. The Morgan fingerprint density at radius 2 is 1.61 bits per heavy atom. The molecule has 9 heteroatoms. The summed E-state index contributed by atoms with van der Waals surface area (Å²) in [6.45, 7) is 7.50. The molecule has 1 fully saturated rings. The predicted molar refractivity (Wildman–Crippen MR) is 179 cm³/mol. The first-order valence-corrected chi connectivity index (χ1v) is 15.8. The van der Waals surface area contributed by atoms with Crippen LogP contribution in [0.15, 0.2) is 98.1 Å². The molecule has 0 aromatic heterocycles. The maximum absolute atomic E-state index is 13.6. The number of benzene rings is 3. The summed E-state index contributed by atoms with van der Waals surface area (Å²) in [6, 6.07) is 21.2. The van der Waals surface area contributed by atoms with Crippen LogP contribution in [0.1, 0.15) is 37.7 Å². The molecule has 3 aromatic rings. The highest BCUT2D eigenvalue weighted by molar-refractivity contribution is 5.99. The third-order valence-electron chi connectivity index (χ3n) is 8.30. The second kappa shape index (κ2) is 17.1. The van der Waals surface area contributed by atoms with E-state index in [-0.39, 0.29) is 31.4 Å². The van der Waals surface area contributed by atoms with Gasteiger partial charge in [0.1, 0.15) is 12.6 Å². The number of nitrogens with one attached hydrogen (secondary N) is 2. The van der Waals surface area contributed by atoms with Crippen molar-refractivity contribution in [2.45, 2.75) is 50.6 Å². The molecule has 3 amide bonds. The fourth-order valence-corrected chi connectivity index (χ4v) is 5.78. The Hall–Kier alpha value is -4.76. The Bertz CT molecular complexity index is 1520. The second-order valence-electron chi connectivity index (χ2n) is 11.6. The molecule has 242 valence electrons. The van der Waals surface area contributed by atoms with Gasteiger partial charge < -0.3 is 25.4 Å². The highest BCUT2D eigenvalue weighted by Crippen LogP contribution is 2.22. The minimum atomic E-state index is -1.23. The van der Waals surface area contributed by atoms with E-state index in [2.05, 4.69) is 23.8 Å². The molecule has 3 aromatic carbocycles. The Labute approximate surface area is 270 Å². The zero-order valence-electron chi connectivity index (χ0n) is 26.1. The number of esters is 1. The summed E-state index contributed by atoms with van der Waals surface area (Å²) < 4.78 is 5.67. The van der Waals surface area contributed by atoms with Crippen molar-refractivity contribution in [1.82, 2.24) is 10.2 Å². The van der Waals surface area contributed by atoms with E-state index in [0.29, 0.717) is 31.5 Å². The highest BCUT2D eigenvalue weighted by Gasteiger charge is 2.33. The molecule has 0 saturated carbocycles. The zero-order chi connectivity index (χ0) is 32.9. The summed E-state index contributed by atoms with van der Waals surface area (Å²) >= 11 is 0. The average Bonchev–Trinajstić information content (AvgIpc) is 3.56. The molecule has 9 nitrogen and oxygen atoms in total. The number of ether oxygens (including phenoxy) is 1. The van der Waals surface area contributed by atoms with Crippen molar-refractivity contribution in [3.8, 4) is 0 Å². The number of carbonyl (C=O) groups excluding carboxylic acids is 4. The van der Waals surface area contributed by atoms with Crippen LogP contribution in [0, 0.1) is 11.8 Å². The Balaban J connectivity index is 1.50. The summed E-state index contributed by atoms with van der Waals surface area (Å²) in [5, 5.41) is 17.2. The van der Waals surface area contributed by atoms with Crippen LogP contribution in [-0.4, -0.2) is 65.5 Å². The molecular formula is C37H43N3O6. The number of anilines is 1. The number of rotatable bonds is 16. The number of aliphatic hydroxyl groups is 1. The third-order valence-corrected chi connectivity index (χ3v) is 8.30. The molecule has 0 radical (unpaired) electrons. The Morgan fingerprint density at radius 1 is 0.913 bits per heavy atom. The van der Waals surface area contributed by atoms with Crippen LogP contribution in [0.4, 0.5) is 5.69 Å². The van der Waals surface area contributed by atoms with Gasteiger partial charge in [0.15, 0.2) is 0 Å². The summed E-state index contributed by atoms with van der Waals surface area (Å²) in [5.41, 5.74) is 1.48. The van der Waals surface area contributed by atoms with E-state index >= 15 is 0 Å². The van der Waals surface area contributed by atoms with Gasteiger partial charge in [-0.2, -0.15) is 0 Å². The van der Waals surface area contributed by atoms with E-state index in [1.54, 1.807) is 23.1 Å². The predicted octanol–water partition coefficient (Wildman–Crippen LogP) is 4.81. The maximum Gasteiger partial charge on any atom is 0.309 e. The van der Waals surface area contributed by atoms with Crippen molar-refractivity contribution in [2.24, 2.45) is 11.8 Å². The number of allylic oxidation sites excluding steroid dienone is 2. The van der Waals surface area contributed by atoms with Crippen molar-refractivity contribution >= 4 is 40.2 Å². The molecule has 4 atom stereocenters. The molecule has 0 spiro atoms. The van der Waals surface area contributed by atoms with Gasteiger partial charge in [0.05, 0.1) is 24.5 Å². The minimum absolute atomic E-state index is 0.106. The fraction of sp³-hybridized carbons (Fsp3) is 0.351. The first-order chi connectivity index (χ1) is 22.3. The maximum atomic E-state index is 13.6. The quantitative estimate of drug-likeness (QED) is 0.155. The lowest BCUT2D eigenvalue weighted by molar-refractivity contribution is -0.150. The minimum Gasteiger partial charge on any atom is -0.463 e. The molecule has 1 aliphatic rings. The van der Waals surface area contributed by atoms with Crippen molar-refractivity contribution in [1.29, 1.82) is 0 Å². The van der Waals surface area contributed by atoms with E-state index in [0.717, 1.165) is 22.8 Å². The SMILES string of the molecule is C=CCC(CC(=O)N1CCCC1CO)C(=O)NC(COC(=O)C(CC=C)Cc1ccccc1)C(=O)Nc1ccc2ccccc2c1. The van der Waals surface area contributed by atoms with Gasteiger partial charge in [-0.1, -0.05) is 72.8 Å². The summed E-state index contributed by atoms with van der Waals surface area (Å²) in [5.74, 6) is -3.18. The number of nitrogens with zero attached hydrogens (tertiary/aromatic N) is 1. The average molecular weight is 626 g/mol. The van der Waals surface area contributed by atoms with Crippen LogP contribution < -0.4 is 10.6 Å². The van der Waals surface area contributed by atoms with Gasteiger partial charge in [0.25, 0.3) is 5.91 Å². The fourth-order valence-electron chi connectivity index (χ4n) is 5.78. The summed E-state index contributed by atoms with van der Waals surface area (Å²) in [6.07, 6.45) is 5.61. The van der Waals surface area contributed by atoms with Crippen LogP contribution in [0.25, 0.3) is 10.8 Å². The molecule has 1 saturated heterocycles. The third kappa shape index (κ3) is 9.37. The van der Waals surface area contributed by atoms with Gasteiger partial charge in [-0.3, -0.25) is 19.2 Å². The number of likely N-dealkylation sites (tertiary alicyclic amines) is 1. The van der Waals surface area contributed by atoms with E-state index in [4.69, 9.17) is 4.74 Å². The lowest BCUT2D eigenvalue weighted by atomic mass is 9.96. The van der Waals surface area contributed by atoms with Gasteiger partial charge in [0.2, 0.25) is 11.8 Å². The highest BCUT2D eigenvalue weighted by atomic mass is 16.5. The molecule has 0 bridgehead atoms. The number of hydrogen-bond donors (Lipinski definition) is 3. The second-order valence-corrected chi connectivity index (χ2v) is 11.6. The summed E-state index contributed by atoms with van der Waals surface area (Å²) in [4.78, 5) is 55.2. The monoisotopic (exact) mass is 625 g/mol. The van der Waals surface area contributed by atoms with Crippen LogP contribution >= 0.6 is 0 Å². The van der Waals surface area contributed by atoms with E-state index in [1.165, 1.54) is 0 Å². The number of aliphatic hydroxyl groups excluding tert-OH is 1. The Kier molecular flexibility index (Phi) is 12.7. The molecule has 46 heavy (non-hydrogen) atoms. The topological polar surface area (TPSA) is 125 Å². The van der Waals surface area contributed by atoms with Crippen LogP contribution in [0.2, 0.25) is 0 Å². The standard InChI is InChI=1S/C37H43N3O6/c1-3-11-29(23-34(42)40-20-10-17-32(40)24-41)35(43)39-33(36(44)38-31-19-18-27-15-8-9-16-28(27)22-31)25-46-37(45)30(12-4-2)21-26-13-6-5-7-14-26/h3-9,13-16,18-19,22,29-30,32-33,41H,1-2,10-12,17,20-21,23-25H2,(H,38,44)(H,39,43). The van der Waals surface area contributed by atoms with Gasteiger partial charge in [-0.05, 0) is 60.6 Å². The molecule has 1 aliphatic heterocycles. The van der Waals surface area contributed by atoms with E-state index < -0.39 is 42.3 Å². The number of fused-ring (bicyclic) bond motifs is 1. The Morgan fingerprint density at radius 3 is 2.33 bits per heavy atom. The van der Waals surface area contributed by atoms with Crippen molar-refractivity contribution < 1.29 is 29.0 Å². The zero-order valence-corrected chi connectivity index (χ0v) is 26.1. The normalized spacial score (nSPS) is 16.2. The van der Waals surface area contributed by atoms with Gasteiger partial charge >= 0.3 is 5.97 Å². The van der Waals surface area contributed by atoms with Gasteiger partial charge in [-0.15, -0.1) is 13.2 Å². The lowest BCUT2D eigenvalue weighted by Gasteiger charge is -2.26. The van der Waals surface area contributed by atoms with E-state index in [9.17, 15) is 24.3 Å². The lowest BCUT2D eigenvalue weighted by Crippen LogP contribution is -2.50. The molecule has 0 aliphatic carbocycles. The first kappa shape index (κ1) is 34.1. The van der Waals surface area contributed by atoms with E-state index in [1.807, 2.05) is 66.7 Å². The number of hydrogen-bond acceptors (Lipinski definition) is 6. The molecule has 4 unspecified atom stereocenters. The van der Waals surface area contributed by atoms with Crippen molar-refractivity contribution in [3.05, 3.63) is 104 Å². The van der Waals surface area contributed by atoms with Crippen molar-refractivity contribution in [3.63, 3.8) is 0 Å². The molecule has 1 heterocycles. The van der Waals surface area contributed by atoms with Gasteiger partial charge in [-0.25, -0.2) is 0 Å². The molecule has 4 rings (SSSR count). The number of amides is 3. The van der Waals surface area contributed by atoms with Gasteiger partial charge in [0, 0.05) is 18.7 Å². The van der Waals surface area contributed by atoms with Crippen LogP contribution in [0.5, 0.6) is 0 Å².